The summed E-state index contributed by atoms with van der Waals surface area (Å²) in [5, 5.41) is 3.18. The van der Waals surface area contributed by atoms with Crippen molar-refractivity contribution in [3.8, 4) is 0 Å². The second-order valence-electron chi connectivity index (χ2n) is 7.20. The first-order chi connectivity index (χ1) is 16.4. The molecule has 11 nitrogen and oxygen atoms in total. The van der Waals surface area contributed by atoms with E-state index in [1.165, 1.54) is 11.2 Å². The molecule has 0 saturated carbocycles. The lowest BCUT2D eigenvalue weighted by Crippen LogP contribution is -2.33. The van der Waals surface area contributed by atoms with Gasteiger partial charge < -0.3 is 24.3 Å². The molecule has 0 aliphatic heterocycles. The highest BCUT2D eigenvalue weighted by molar-refractivity contribution is 7.98. The van der Waals surface area contributed by atoms with E-state index in [4.69, 9.17) is 19.7 Å². The Morgan fingerprint density at radius 3 is 2.82 bits per heavy atom. The molecule has 0 fully saturated rings. The maximum atomic E-state index is 12.1. The minimum atomic E-state index is -1.29. The number of aromatic amines is 1. The van der Waals surface area contributed by atoms with Gasteiger partial charge in [0.05, 0.1) is 26.1 Å². The molecule has 3 rings (SSSR count). The van der Waals surface area contributed by atoms with Crippen LogP contribution >= 0.6 is 20.1 Å². The Bertz CT molecular complexity index is 1140. The third-order valence-electron chi connectivity index (χ3n) is 4.70. The summed E-state index contributed by atoms with van der Waals surface area (Å²) >= 11 is 1.68. The number of hydrogen-bond acceptors (Lipinski definition) is 10. The lowest BCUT2D eigenvalue weighted by molar-refractivity contribution is -0.144. The van der Waals surface area contributed by atoms with Crippen molar-refractivity contribution >= 4 is 43.1 Å². The number of anilines is 1. The summed E-state index contributed by atoms with van der Waals surface area (Å²) in [7, 11) is -1.29. The number of benzene rings is 1. The quantitative estimate of drug-likeness (QED) is 0.136. The summed E-state index contributed by atoms with van der Waals surface area (Å²) in [6.07, 6.45) is 3.80. The molecule has 0 amide bonds. The van der Waals surface area contributed by atoms with Crippen LogP contribution in [0.4, 0.5) is 5.95 Å². The summed E-state index contributed by atoms with van der Waals surface area (Å²) in [6.45, 7) is 4.92. The first-order valence-corrected chi connectivity index (χ1v) is 13.3. The summed E-state index contributed by atoms with van der Waals surface area (Å²) < 4.78 is 18.7. The third kappa shape index (κ3) is 7.25. The molecule has 2 aromatic heterocycles. The number of nitrogens with two attached hydrogens (primary N) is 1. The van der Waals surface area contributed by atoms with Gasteiger partial charge in [-0.25, -0.2) is 4.98 Å². The molecule has 0 aliphatic rings. The van der Waals surface area contributed by atoms with Gasteiger partial charge in [0, 0.05) is 11.4 Å². The normalized spacial score (nSPS) is 13.1. The van der Waals surface area contributed by atoms with Crippen molar-refractivity contribution in [2.75, 3.05) is 31.6 Å². The summed E-state index contributed by atoms with van der Waals surface area (Å²) in [6, 6.07) is 7.57. The van der Waals surface area contributed by atoms with Gasteiger partial charge in [-0.2, -0.15) is 4.98 Å². The second-order valence-corrected chi connectivity index (χ2v) is 9.61. The molecule has 0 radical (unpaired) electrons. The molecule has 13 heteroatoms. The molecule has 2 heterocycles. The highest BCUT2D eigenvalue weighted by atomic mass is 32.2. The van der Waals surface area contributed by atoms with Crippen molar-refractivity contribution in [2.45, 2.75) is 37.9 Å². The molecule has 184 valence electrons. The monoisotopic (exact) mass is 508 g/mol. The van der Waals surface area contributed by atoms with Crippen LogP contribution in [0.3, 0.4) is 0 Å². The lowest BCUT2D eigenvalue weighted by atomic mass is 10.2. The predicted octanol–water partition coefficient (Wildman–Crippen LogP) is 2.47. The molecule has 3 aromatic rings. The topological polar surface area (TPSA) is 146 Å². The Kier molecular flexibility index (Phi) is 9.85. The first kappa shape index (κ1) is 26.1. The van der Waals surface area contributed by atoms with Gasteiger partial charge in [0.2, 0.25) is 5.95 Å². The van der Waals surface area contributed by atoms with Crippen molar-refractivity contribution in [1.29, 1.82) is 0 Å². The van der Waals surface area contributed by atoms with Crippen molar-refractivity contribution in [2.24, 2.45) is 0 Å². The van der Waals surface area contributed by atoms with E-state index in [9.17, 15) is 9.59 Å². The second kappa shape index (κ2) is 12.8. The number of imidazole rings is 1. The predicted molar refractivity (Wildman–Crippen MR) is 133 cm³/mol. The number of thioether (sulfide) groups is 1. The molecule has 34 heavy (non-hydrogen) atoms. The summed E-state index contributed by atoms with van der Waals surface area (Å²) in [4.78, 5) is 35.8. The number of nitrogen functional groups attached to an aromatic ring is 1. The highest BCUT2D eigenvalue weighted by Gasteiger charge is 2.20. The van der Waals surface area contributed by atoms with Gasteiger partial charge in [0.25, 0.3) is 5.56 Å². The smallest absolute Gasteiger partial charge is 0.323 e. The average molecular weight is 509 g/mol. The highest BCUT2D eigenvalue weighted by Crippen LogP contribution is 2.34. The molecular weight excluding hydrogens is 479 g/mol. The van der Waals surface area contributed by atoms with E-state index in [1.54, 1.807) is 30.2 Å². The van der Waals surface area contributed by atoms with Crippen LogP contribution in [-0.4, -0.2) is 57.3 Å². The third-order valence-corrected chi connectivity index (χ3v) is 6.98. The maximum Gasteiger partial charge on any atom is 0.323 e. The van der Waals surface area contributed by atoms with Crippen LogP contribution in [0.5, 0.6) is 0 Å². The Balaban J connectivity index is 1.57. The number of esters is 1. The number of carbonyl (C=O) groups is 1. The number of carbonyl (C=O) groups excluding carboxylic acids is 1. The number of nitrogens with one attached hydrogen (secondary N) is 2. The van der Waals surface area contributed by atoms with E-state index in [0.29, 0.717) is 32.0 Å². The minimum Gasteiger partial charge on any atom is -0.465 e. The van der Waals surface area contributed by atoms with Gasteiger partial charge in [-0.3, -0.25) is 19.7 Å². The first-order valence-electron chi connectivity index (χ1n) is 10.7. The fraction of sp³-hybridized carbons (Fsp3) is 0.429. The molecule has 0 aliphatic carbocycles. The van der Waals surface area contributed by atoms with E-state index in [0.717, 1.165) is 5.56 Å². The van der Waals surface area contributed by atoms with Crippen LogP contribution < -0.4 is 16.4 Å². The van der Waals surface area contributed by atoms with Crippen molar-refractivity contribution < 1.29 is 18.8 Å². The van der Waals surface area contributed by atoms with Gasteiger partial charge in [-0.15, -0.1) is 11.8 Å². The number of H-pyrrole nitrogens is 1. The van der Waals surface area contributed by atoms with E-state index in [2.05, 4.69) is 20.0 Å². The summed E-state index contributed by atoms with van der Waals surface area (Å²) in [5.74, 6) is -0.318. The molecule has 0 spiro atoms. The number of rotatable bonds is 13. The van der Waals surface area contributed by atoms with Crippen molar-refractivity contribution in [3.63, 3.8) is 0 Å². The van der Waals surface area contributed by atoms with Gasteiger partial charge in [0.15, 0.2) is 11.2 Å². The zero-order valence-electron chi connectivity index (χ0n) is 19.3. The van der Waals surface area contributed by atoms with Crippen molar-refractivity contribution in [3.05, 3.63) is 46.5 Å². The lowest BCUT2D eigenvalue weighted by Gasteiger charge is -2.22. The number of fused-ring (bicyclic) bond motifs is 1. The molecule has 2 atom stereocenters. The van der Waals surface area contributed by atoms with Crippen LogP contribution in [0.15, 0.2) is 40.3 Å². The molecule has 1 aromatic carbocycles. The van der Waals surface area contributed by atoms with Gasteiger partial charge >= 0.3 is 5.97 Å². The van der Waals surface area contributed by atoms with E-state index < -0.39 is 14.3 Å². The average Bonchev–Trinajstić information content (AvgIpc) is 3.23. The number of aromatic nitrogens is 4. The minimum absolute atomic E-state index is 0.0276. The maximum absolute atomic E-state index is 12.1. The Morgan fingerprint density at radius 1 is 1.35 bits per heavy atom. The fourth-order valence-corrected chi connectivity index (χ4v) is 4.74. The van der Waals surface area contributed by atoms with E-state index >= 15 is 0 Å². The number of hydrogen-bond donors (Lipinski definition) is 3. The largest absolute Gasteiger partial charge is 0.465 e. The molecule has 4 N–H and O–H groups in total. The van der Waals surface area contributed by atoms with Crippen LogP contribution in [0.25, 0.3) is 11.2 Å². The number of nitrogens with zero attached hydrogens (tertiary/aromatic N) is 3. The van der Waals surface area contributed by atoms with Crippen molar-refractivity contribution in [1.82, 2.24) is 24.6 Å². The SMILES string of the molecule is CCOC(=O)C(C)NP(COCCn1cnc2c(=O)[nH]c(N)nc21)OCc1ccc(SC)cc1. The van der Waals surface area contributed by atoms with Gasteiger partial charge in [-0.05, 0) is 37.8 Å². The van der Waals surface area contributed by atoms with E-state index in [-0.39, 0.29) is 29.3 Å². The standard InChI is InChI=1S/C21H29N6O5PS/c1-4-31-20(29)14(2)26-33(32-11-15-5-7-16(34-3)8-6-15)13-30-10-9-27-12-23-17-18(27)24-21(22)25-19(17)28/h5-8,12,14,26H,4,9-11,13H2,1-3H3,(H3,22,24,25,28). The van der Waals surface area contributed by atoms with Crippen LogP contribution in [-0.2, 0) is 31.9 Å². The Hall–Kier alpha value is -2.50. The zero-order chi connectivity index (χ0) is 24.5. The van der Waals surface area contributed by atoms with E-state index in [1.807, 2.05) is 30.5 Å². The zero-order valence-corrected chi connectivity index (χ0v) is 21.0. The molecule has 2 unspecified atom stereocenters. The van der Waals surface area contributed by atoms with Crippen LogP contribution in [0, 0.1) is 0 Å². The van der Waals surface area contributed by atoms with Gasteiger partial charge in [0.1, 0.15) is 20.7 Å². The molecule has 0 bridgehead atoms. The van der Waals surface area contributed by atoms with Crippen LogP contribution in [0.1, 0.15) is 19.4 Å². The Morgan fingerprint density at radius 2 is 2.12 bits per heavy atom. The van der Waals surface area contributed by atoms with Crippen LogP contribution in [0.2, 0.25) is 0 Å². The summed E-state index contributed by atoms with van der Waals surface area (Å²) in [5.41, 5.74) is 6.89. The fourth-order valence-electron chi connectivity index (χ4n) is 2.97. The number of ether oxygens (including phenoxy) is 2. The van der Waals surface area contributed by atoms with Gasteiger partial charge in [-0.1, -0.05) is 12.1 Å². The molecule has 0 saturated heterocycles. The Labute approximate surface area is 202 Å². The molecular formula is C21H29N6O5PS.